The maximum absolute atomic E-state index is 9.98. The molecule has 2 aliphatic carbocycles. The number of alkyl halides is 1. The zero-order valence-electron chi connectivity index (χ0n) is 7.81. The Balaban J connectivity index is 2.39. The monoisotopic (exact) mass is 232 g/mol. The Morgan fingerprint density at radius 2 is 2.17 bits per heavy atom. The highest BCUT2D eigenvalue weighted by atomic mass is 79.9. The van der Waals surface area contributed by atoms with Crippen LogP contribution < -0.4 is 0 Å². The van der Waals surface area contributed by atoms with Crippen molar-refractivity contribution in [2.75, 3.05) is 5.33 Å². The summed E-state index contributed by atoms with van der Waals surface area (Å²) in [6.45, 7) is 4.64. The molecule has 1 nitrogen and oxygen atoms in total. The fraction of sp³-hybridized carbons (Fsp3) is 1.00. The average molecular weight is 233 g/mol. The van der Waals surface area contributed by atoms with E-state index in [9.17, 15) is 5.11 Å². The second kappa shape index (κ2) is 2.48. The molecule has 2 aliphatic rings. The van der Waals surface area contributed by atoms with Gasteiger partial charge in [-0.15, -0.1) is 0 Å². The first-order valence-corrected chi connectivity index (χ1v) is 5.91. The lowest BCUT2D eigenvalue weighted by atomic mass is 9.70. The summed E-state index contributed by atoms with van der Waals surface area (Å²) in [5, 5.41) is 10.9. The minimum absolute atomic E-state index is 0.0642. The molecule has 2 saturated carbocycles. The molecule has 2 heteroatoms. The van der Waals surface area contributed by atoms with E-state index in [2.05, 4.69) is 29.8 Å². The zero-order chi connectivity index (χ0) is 8.98. The SMILES string of the molecule is CC1(C)[C@H]2CC[C@@]1(CBr)[C@@H](O)C2. The smallest absolute Gasteiger partial charge is 0.0612 e. The molecule has 0 heterocycles. The van der Waals surface area contributed by atoms with Gasteiger partial charge in [-0.25, -0.2) is 0 Å². The van der Waals surface area contributed by atoms with E-state index >= 15 is 0 Å². The molecule has 70 valence electrons. The zero-order valence-corrected chi connectivity index (χ0v) is 9.39. The van der Waals surface area contributed by atoms with Crippen molar-refractivity contribution in [3.8, 4) is 0 Å². The van der Waals surface area contributed by atoms with Gasteiger partial charge in [0, 0.05) is 10.7 Å². The molecule has 0 amide bonds. The lowest BCUT2D eigenvalue weighted by molar-refractivity contribution is 0.0178. The van der Waals surface area contributed by atoms with Crippen LogP contribution in [0.2, 0.25) is 0 Å². The molecule has 0 aromatic heterocycles. The van der Waals surface area contributed by atoms with E-state index in [1.807, 2.05) is 0 Å². The van der Waals surface area contributed by atoms with Crippen LogP contribution in [0.5, 0.6) is 0 Å². The summed E-state index contributed by atoms with van der Waals surface area (Å²) in [4.78, 5) is 0. The first-order valence-electron chi connectivity index (χ1n) is 4.78. The van der Waals surface area contributed by atoms with Gasteiger partial charge in [-0.3, -0.25) is 0 Å². The van der Waals surface area contributed by atoms with Gasteiger partial charge in [-0.2, -0.15) is 0 Å². The second-order valence-electron chi connectivity index (χ2n) is 5.00. The maximum Gasteiger partial charge on any atom is 0.0612 e. The van der Waals surface area contributed by atoms with Gasteiger partial charge in [-0.05, 0) is 30.6 Å². The Bertz CT molecular complexity index is 202. The van der Waals surface area contributed by atoms with Crippen molar-refractivity contribution in [2.24, 2.45) is 16.7 Å². The number of aliphatic hydroxyl groups is 1. The van der Waals surface area contributed by atoms with Gasteiger partial charge in [0.2, 0.25) is 0 Å². The summed E-state index contributed by atoms with van der Waals surface area (Å²) < 4.78 is 0. The van der Waals surface area contributed by atoms with Gasteiger partial charge in [-0.1, -0.05) is 29.8 Å². The number of hydrogen-bond donors (Lipinski definition) is 1. The van der Waals surface area contributed by atoms with Crippen LogP contribution in [-0.2, 0) is 0 Å². The quantitative estimate of drug-likeness (QED) is 0.690. The predicted molar refractivity (Wildman–Crippen MR) is 53.4 cm³/mol. The molecule has 0 unspecified atom stereocenters. The van der Waals surface area contributed by atoms with Gasteiger partial charge in [0.15, 0.2) is 0 Å². The van der Waals surface area contributed by atoms with Crippen LogP contribution in [0.1, 0.15) is 33.1 Å². The normalized spacial score (nSPS) is 50.0. The van der Waals surface area contributed by atoms with Crippen molar-refractivity contribution in [2.45, 2.75) is 39.2 Å². The Hall–Kier alpha value is 0.440. The third kappa shape index (κ3) is 0.784. The lowest BCUT2D eigenvalue weighted by Crippen LogP contribution is -2.40. The molecule has 2 bridgehead atoms. The van der Waals surface area contributed by atoms with Crippen LogP contribution in [0, 0.1) is 16.7 Å². The number of hydrogen-bond acceptors (Lipinski definition) is 1. The molecule has 2 fully saturated rings. The topological polar surface area (TPSA) is 20.2 Å². The lowest BCUT2D eigenvalue weighted by Gasteiger charge is -2.38. The fourth-order valence-corrected chi connectivity index (χ4v) is 4.73. The van der Waals surface area contributed by atoms with Crippen LogP contribution >= 0.6 is 15.9 Å². The van der Waals surface area contributed by atoms with Gasteiger partial charge < -0.3 is 5.11 Å². The summed E-state index contributed by atoms with van der Waals surface area (Å²) in [7, 11) is 0. The molecule has 1 N–H and O–H groups in total. The van der Waals surface area contributed by atoms with Gasteiger partial charge in [0.05, 0.1) is 6.10 Å². The third-order valence-electron chi connectivity index (χ3n) is 4.63. The highest BCUT2D eigenvalue weighted by molar-refractivity contribution is 9.09. The van der Waals surface area contributed by atoms with Crippen molar-refractivity contribution in [1.29, 1.82) is 0 Å². The standard InChI is InChI=1S/C10H17BrO/c1-9(2)7-3-4-10(9,6-11)8(12)5-7/h7-8,12H,3-6H2,1-2H3/t7-,8-,10+/m0/s1. The molecule has 0 aromatic carbocycles. The van der Waals surface area contributed by atoms with Gasteiger partial charge >= 0.3 is 0 Å². The van der Waals surface area contributed by atoms with Crippen molar-refractivity contribution < 1.29 is 5.11 Å². The molecular formula is C10H17BrO. The van der Waals surface area contributed by atoms with E-state index in [-0.39, 0.29) is 11.5 Å². The molecule has 0 saturated heterocycles. The highest BCUT2D eigenvalue weighted by Gasteiger charge is 2.62. The molecule has 0 spiro atoms. The highest BCUT2D eigenvalue weighted by Crippen LogP contribution is 2.66. The van der Waals surface area contributed by atoms with E-state index < -0.39 is 0 Å². The molecule has 0 radical (unpaired) electrons. The summed E-state index contributed by atoms with van der Waals surface area (Å²) in [5.41, 5.74) is 0.521. The van der Waals surface area contributed by atoms with Crippen LogP contribution in [0.4, 0.5) is 0 Å². The van der Waals surface area contributed by atoms with Crippen molar-refractivity contribution in [1.82, 2.24) is 0 Å². The number of halogens is 1. The molecule has 2 rings (SSSR count). The van der Waals surface area contributed by atoms with E-state index in [4.69, 9.17) is 0 Å². The van der Waals surface area contributed by atoms with E-state index in [1.165, 1.54) is 12.8 Å². The van der Waals surface area contributed by atoms with Crippen molar-refractivity contribution in [3.05, 3.63) is 0 Å². The van der Waals surface area contributed by atoms with Crippen molar-refractivity contribution in [3.63, 3.8) is 0 Å². The second-order valence-corrected chi connectivity index (χ2v) is 5.56. The van der Waals surface area contributed by atoms with E-state index in [0.29, 0.717) is 5.41 Å². The fourth-order valence-electron chi connectivity index (χ4n) is 3.35. The molecule has 12 heavy (non-hydrogen) atoms. The van der Waals surface area contributed by atoms with Crippen LogP contribution in [0.25, 0.3) is 0 Å². The van der Waals surface area contributed by atoms with Crippen molar-refractivity contribution >= 4 is 15.9 Å². The Morgan fingerprint density at radius 1 is 1.50 bits per heavy atom. The number of fused-ring (bicyclic) bond motifs is 2. The largest absolute Gasteiger partial charge is 0.392 e. The van der Waals surface area contributed by atoms with Gasteiger partial charge in [0.25, 0.3) is 0 Å². The minimum atomic E-state index is -0.0642. The van der Waals surface area contributed by atoms with Crippen LogP contribution in [-0.4, -0.2) is 16.5 Å². The third-order valence-corrected chi connectivity index (χ3v) is 5.63. The summed E-state index contributed by atoms with van der Waals surface area (Å²) in [6.07, 6.45) is 3.48. The Labute approximate surface area is 82.7 Å². The molecule has 0 aliphatic heterocycles. The summed E-state index contributed by atoms with van der Waals surface area (Å²) in [6, 6.07) is 0. The first-order chi connectivity index (χ1) is 5.54. The Morgan fingerprint density at radius 3 is 2.42 bits per heavy atom. The number of aliphatic hydroxyl groups excluding tert-OH is 1. The predicted octanol–water partition coefficient (Wildman–Crippen LogP) is 2.57. The van der Waals surface area contributed by atoms with E-state index in [0.717, 1.165) is 17.7 Å². The van der Waals surface area contributed by atoms with Crippen LogP contribution in [0.15, 0.2) is 0 Å². The molecule has 0 aromatic rings. The van der Waals surface area contributed by atoms with Gasteiger partial charge in [0.1, 0.15) is 0 Å². The average Bonchev–Trinajstić information content (AvgIpc) is 2.36. The minimum Gasteiger partial charge on any atom is -0.392 e. The first kappa shape index (κ1) is 9.01. The van der Waals surface area contributed by atoms with Crippen LogP contribution in [0.3, 0.4) is 0 Å². The molecular weight excluding hydrogens is 216 g/mol. The summed E-state index contributed by atoms with van der Waals surface area (Å²) >= 11 is 3.58. The Kier molecular flexibility index (Phi) is 1.86. The number of rotatable bonds is 1. The molecule has 3 atom stereocenters. The maximum atomic E-state index is 9.98. The summed E-state index contributed by atoms with van der Waals surface area (Å²) in [5.74, 6) is 0.755. The van der Waals surface area contributed by atoms with E-state index in [1.54, 1.807) is 0 Å².